The fourth-order valence-corrected chi connectivity index (χ4v) is 5.65. The standard InChI is InChI=1S/C21H22FN3O4S/c1-15-14-30(28,29)25(20(15)26)19-6-2-16(3-7-19)21(27)24-12-10-23(11-13-24)18-8-4-17(22)5-9-18/h2-9,15H,10-14H2,1H3/t15-/m1/s1. The van der Waals surface area contributed by atoms with Crippen LogP contribution in [-0.2, 0) is 14.8 Å². The van der Waals surface area contributed by atoms with E-state index >= 15 is 0 Å². The minimum atomic E-state index is -3.67. The van der Waals surface area contributed by atoms with Crippen LogP contribution in [0.5, 0.6) is 0 Å². The molecule has 0 unspecified atom stereocenters. The van der Waals surface area contributed by atoms with Crippen LogP contribution in [0.4, 0.5) is 15.8 Å². The summed E-state index contributed by atoms with van der Waals surface area (Å²) in [4.78, 5) is 28.8. The molecule has 0 radical (unpaired) electrons. The van der Waals surface area contributed by atoms with Crippen LogP contribution in [0.2, 0.25) is 0 Å². The van der Waals surface area contributed by atoms with Crippen LogP contribution < -0.4 is 9.21 Å². The van der Waals surface area contributed by atoms with E-state index in [4.69, 9.17) is 0 Å². The van der Waals surface area contributed by atoms with Crippen molar-refractivity contribution < 1.29 is 22.4 Å². The van der Waals surface area contributed by atoms with Gasteiger partial charge in [-0.15, -0.1) is 0 Å². The largest absolute Gasteiger partial charge is 0.368 e. The minimum Gasteiger partial charge on any atom is -0.368 e. The summed E-state index contributed by atoms with van der Waals surface area (Å²) in [5.74, 6) is -1.66. The number of nitrogens with zero attached hydrogens (tertiary/aromatic N) is 3. The molecule has 2 aromatic rings. The smallest absolute Gasteiger partial charge is 0.253 e. The number of rotatable bonds is 3. The number of piperazine rings is 1. The first-order chi connectivity index (χ1) is 14.3. The fourth-order valence-electron chi connectivity index (χ4n) is 3.83. The Labute approximate surface area is 174 Å². The number of amides is 2. The molecule has 0 saturated carbocycles. The summed E-state index contributed by atoms with van der Waals surface area (Å²) in [5.41, 5.74) is 1.60. The highest BCUT2D eigenvalue weighted by atomic mass is 32.2. The zero-order chi connectivity index (χ0) is 21.5. The molecule has 1 atom stereocenters. The first kappa shape index (κ1) is 20.3. The van der Waals surface area contributed by atoms with Crippen LogP contribution in [0.1, 0.15) is 17.3 Å². The van der Waals surface area contributed by atoms with Gasteiger partial charge in [0, 0.05) is 37.4 Å². The van der Waals surface area contributed by atoms with E-state index in [1.165, 1.54) is 24.3 Å². The molecule has 30 heavy (non-hydrogen) atoms. The molecule has 2 fully saturated rings. The van der Waals surface area contributed by atoms with E-state index in [1.54, 1.807) is 36.1 Å². The third-order valence-electron chi connectivity index (χ3n) is 5.47. The van der Waals surface area contributed by atoms with Gasteiger partial charge in [0.2, 0.25) is 15.9 Å². The maximum absolute atomic E-state index is 13.1. The van der Waals surface area contributed by atoms with Crippen LogP contribution in [0.15, 0.2) is 48.5 Å². The topological polar surface area (TPSA) is 78.0 Å². The third kappa shape index (κ3) is 3.77. The van der Waals surface area contributed by atoms with Gasteiger partial charge in [0.25, 0.3) is 5.91 Å². The van der Waals surface area contributed by atoms with Gasteiger partial charge in [0.05, 0.1) is 17.4 Å². The summed E-state index contributed by atoms with van der Waals surface area (Å²) in [6.07, 6.45) is 0. The summed E-state index contributed by atoms with van der Waals surface area (Å²) in [6, 6.07) is 12.4. The van der Waals surface area contributed by atoms with Gasteiger partial charge in [-0.3, -0.25) is 9.59 Å². The maximum atomic E-state index is 13.1. The van der Waals surface area contributed by atoms with Crippen molar-refractivity contribution in [3.8, 4) is 0 Å². The zero-order valence-corrected chi connectivity index (χ0v) is 17.3. The van der Waals surface area contributed by atoms with Crippen molar-refractivity contribution in [3.05, 3.63) is 59.9 Å². The Bertz CT molecular complexity index is 1060. The predicted octanol–water partition coefficient (Wildman–Crippen LogP) is 2.10. The van der Waals surface area contributed by atoms with Crippen molar-refractivity contribution in [2.75, 3.05) is 41.1 Å². The highest BCUT2D eigenvalue weighted by molar-refractivity contribution is 7.94. The average molecular weight is 431 g/mol. The SMILES string of the molecule is C[C@@H]1CS(=O)(=O)N(c2ccc(C(=O)N3CCN(c4ccc(F)cc4)CC3)cc2)C1=O. The third-order valence-corrected chi connectivity index (χ3v) is 7.34. The summed E-state index contributed by atoms with van der Waals surface area (Å²) in [6.45, 7) is 3.90. The van der Waals surface area contributed by atoms with Gasteiger partial charge in [-0.2, -0.15) is 0 Å². The van der Waals surface area contributed by atoms with Crippen molar-refractivity contribution in [1.82, 2.24) is 4.90 Å². The van der Waals surface area contributed by atoms with E-state index < -0.39 is 21.8 Å². The Hall–Kier alpha value is -2.94. The van der Waals surface area contributed by atoms with Crippen molar-refractivity contribution in [2.24, 2.45) is 5.92 Å². The van der Waals surface area contributed by atoms with Crippen LogP contribution in [0.25, 0.3) is 0 Å². The first-order valence-corrected chi connectivity index (χ1v) is 11.3. The van der Waals surface area contributed by atoms with Gasteiger partial charge >= 0.3 is 0 Å². The van der Waals surface area contributed by atoms with Crippen molar-refractivity contribution in [3.63, 3.8) is 0 Å². The summed E-state index contributed by atoms with van der Waals surface area (Å²) in [5, 5.41) is 0. The highest BCUT2D eigenvalue weighted by Crippen LogP contribution is 2.28. The molecule has 0 spiro atoms. The molecule has 0 bridgehead atoms. The first-order valence-electron chi connectivity index (χ1n) is 9.73. The molecule has 0 aromatic heterocycles. The van der Waals surface area contributed by atoms with Crippen LogP contribution in [0, 0.1) is 11.7 Å². The second-order valence-corrected chi connectivity index (χ2v) is 9.45. The lowest BCUT2D eigenvalue weighted by Gasteiger charge is -2.36. The van der Waals surface area contributed by atoms with Gasteiger partial charge in [-0.25, -0.2) is 17.1 Å². The minimum absolute atomic E-state index is 0.149. The summed E-state index contributed by atoms with van der Waals surface area (Å²) in [7, 11) is -3.67. The molecule has 2 aliphatic heterocycles. The Morgan fingerprint density at radius 3 is 2.03 bits per heavy atom. The highest BCUT2D eigenvalue weighted by Gasteiger charge is 2.41. The van der Waals surface area contributed by atoms with E-state index in [2.05, 4.69) is 4.90 Å². The number of carbonyl (C=O) groups excluding carboxylic acids is 2. The molecule has 7 nitrogen and oxygen atoms in total. The second kappa shape index (κ2) is 7.71. The van der Waals surface area contributed by atoms with Gasteiger partial charge < -0.3 is 9.80 Å². The molecule has 0 aliphatic carbocycles. The predicted molar refractivity (Wildman–Crippen MR) is 111 cm³/mol. The molecular formula is C21H22FN3O4S. The van der Waals surface area contributed by atoms with Gasteiger partial charge in [-0.05, 0) is 48.5 Å². The number of hydrogen-bond donors (Lipinski definition) is 0. The average Bonchev–Trinajstić information content (AvgIpc) is 2.95. The molecule has 9 heteroatoms. The quantitative estimate of drug-likeness (QED) is 0.744. The lowest BCUT2D eigenvalue weighted by Crippen LogP contribution is -2.48. The number of carbonyl (C=O) groups is 2. The lowest BCUT2D eigenvalue weighted by molar-refractivity contribution is -0.119. The van der Waals surface area contributed by atoms with Crippen molar-refractivity contribution in [2.45, 2.75) is 6.92 Å². The van der Waals surface area contributed by atoms with Crippen LogP contribution in [-0.4, -0.2) is 57.1 Å². The maximum Gasteiger partial charge on any atom is 0.253 e. The number of halogens is 1. The molecule has 4 rings (SSSR count). The van der Waals surface area contributed by atoms with E-state index in [0.717, 1.165) is 9.99 Å². The van der Waals surface area contributed by atoms with E-state index in [-0.39, 0.29) is 23.2 Å². The van der Waals surface area contributed by atoms with Crippen LogP contribution in [0.3, 0.4) is 0 Å². The number of anilines is 2. The van der Waals surface area contributed by atoms with Crippen molar-refractivity contribution >= 4 is 33.2 Å². The monoisotopic (exact) mass is 431 g/mol. The lowest BCUT2D eigenvalue weighted by atomic mass is 10.1. The second-order valence-electron chi connectivity index (χ2n) is 7.58. The molecule has 2 amide bonds. The molecular weight excluding hydrogens is 409 g/mol. The van der Waals surface area contributed by atoms with Gasteiger partial charge in [0.15, 0.2) is 0 Å². The Kier molecular flexibility index (Phi) is 5.23. The van der Waals surface area contributed by atoms with Crippen LogP contribution >= 0.6 is 0 Å². The van der Waals surface area contributed by atoms with E-state index in [9.17, 15) is 22.4 Å². The van der Waals surface area contributed by atoms with Gasteiger partial charge in [-0.1, -0.05) is 6.92 Å². The molecule has 2 aromatic carbocycles. The number of benzene rings is 2. The number of hydrogen-bond acceptors (Lipinski definition) is 5. The Balaban J connectivity index is 1.42. The molecule has 158 valence electrons. The van der Waals surface area contributed by atoms with E-state index in [0.29, 0.717) is 31.7 Å². The van der Waals surface area contributed by atoms with Crippen molar-refractivity contribution in [1.29, 1.82) is 0 Å². The van der Waals surface area contributed by atoms with E-state index in [1.807, 2.05) is 0 Å². The summed E-state index contributed by atoms with van der Waals surface area (Å²) < 4.78 is 38.4. The van der Waals surface area contributed by atoms with Gasteiger partial charge in [0.1, 0.15) is 5.82 Å². The fraction of sp³-hybridized carbons (Fsp3) is 0.333. The molecule has 2 aliphatic rings. The Morgan fingerprint density at radius 2 is 1.50 bits per heavy atom. The Morgan fingerprint density at radius 1 is 0.933 bits per heavy atom. The number of sulfonamides is 1. The molecule has 2 heterocycles. The normalized spacial score (nSPS) is 21.2. The molecule has 0 N–H and O–H groups in total. The summed E-state index contributed by atoms with van der Waals surface area (Å²) >= 11 is 0. The molecule has 2 saturated heterocycles. The zero-order valence-electron chi connectivity index (χ0n) is 16.5.